The summed E-state index contributed by atoms with van der Waals surface area (Å²) in [5.41, 5.74) is 0.364. The molecule has 142 valence electrons. The Hall–Kier alpha value is -2.32. The zero-order valence-corrected chi connectivity index (χ0v) is 16.4. The lowest BCUT2D eigenvalue weighted by molar-refractivity contribution is -0.113. The van der Waals surface area contributed by atoms with Gasteiger partial charge in [0, 0.05) is 6.54 Å². The largest absolute Gasteiger partial charge is 0.461 e. The van der Waals surface area contributed by atoms with Gasteiger partial charge in [0.2, 0.25) is 5.91 Å². The third-order valence-corrected chi connectivity index (χ3v) is 4.82. The summed E-state index contributed by atoms with van der Waals surface area (Å²) in [6.07, 6.45) is 1.58. The predicted molar refractivity (Wildman–Crippen MR) is 103 cm³/mol. The van der Waals surface area contributed by atoms with Crippen LogP contribution in [-0.4, -0.2) is 26.4 Å². The van der Waals surface area contributed by atoms with E-state index < -0.39 is 5.82 Å². The Labute approximate surface area is 165 Å². The van der Waals surface area contributed by atoms with Gasteiger partial charge in [-0.1, -0.05) is 37.2 Å². The second-order valence-corrected chi connectivity index (χ2v) is 7.60. The van der Waals surface area contributed by atoms with Crippen LogP contribution >= 0.6 is 23.4 Å². The van der Waals surface area contributed by atoms with Gasteiger partial charge in [-0.25, -0.2) is 4.39 Å². The number of carbonyl (C=O) groups excluding carboxylic acids is 1. The third-order valence-electron chi connectivity index (χ3n) is 3.54. The van der Waals surface area contributed by atoms with Crippen molar-refractivity contribution in [3.8, 4) is 11.6 Å². The molecule has 0 spiro atoms. The van der Waals surface area contributed by atoms with Gasteiger partial charge in [-0.05, 0) is 36.2 Å². The summed E-state index contributed by atoms with van der Waals surface area (Å²) < 4.78 is 20.5. The van der Waals surface area contributed by atoms with Gasteiger partial charge in [-0.2, -0.15) is 0 Å². The smallest absolute Gasteiger partial charge is 0.234 e. The first-order valence-corrected chi connectivity index (χ1v) is 9.65. The number of nitrogens with one attached hydrogen (secondary N) is 1. The van der Waals surface area contributed by atoms with Crippen LogP contribution in [0, 0.1) is 11.7 Å². The lowest BCUT2D eigenvalue weighted by Gasteiger charge is -2.11. The van der Waals surface area contributed by atoms with Gasteiger partial charge in [0.15, 0.2) is 16.7 Å². The molecule has 1 aromatic carbocycles. The Balaban J connectivity index is 1.70. The third kappa shape index (κ3) is 4.90. The van der Waals surface area contributed by atoms with E-state index in [9.17, 15) is 9.18 Å². The first-order chi connectivity index (χ1) is 12.9. The standard InChI is InChI=1S/C18H18ClFN4O2S/c1-11(2)9-24-17(15-4-3-7-26-15)22-23-18(24)27-10-16(25)21-14-6-5-12(20)8-13(14)19/h3-8,11H,9-10H2,1-2H3,(H,21,25). The van der Waals surface area contributed by atoms with Gasteiger partial charge >= 0.3 is 0 Å². The molecule has 3 aromatic rings. The molecule has 3 rings (SSSR count). The fraction of sp³-hybridized carbons (Fsp3) is 0.278. The first kappa shape index (κ1) is 19.4. The normalized spacial score (nSPS) is 11.1. The summed E-state index contributed by atoms with van der Waals surface area (Å²) in [7, 11) is 0. The van der Waals surface area contributed by atoms with Crippen LogP contribution in [0.1, 0.15) is 13.8 Å². The SMILES string of the molecule is CC(C)Cn1c(SCC(=O)Nc2ccc(F)cc2Cl)nnc1-c1ccco1. The minimum absolute atomic E-state index is 0.113. The number of hydrogen-bond acceptors (Lipinski definition) is 5. The van der Waals surface area contributed by atoms with Gasteiger partial charge in [0.25, 0.3) is 0 Å². The van der Waals surface area contributed by atoms with Crippen molar-refractivity contribution in [1.29, 1.82) is 0 Å². The number of anilines is 1. The summed E-state index contributed by atoms with van der Waals surface area (Å²) in [5.74, 6) is 0.991. The van der Waals surface area contributed by atoms with E-state index in [-0.39, 0.29) is 16.7 Å². The lowest BCUT2D eigenvalue weighted by Crippen LogP contribution is -2.15. The van der Waals surface area contributed by atoms with Gasteiger partial charge in [-0.15, -0.1) is 10.2 Å². The van der Waals surface area contributed by atoms with E-state index in [0.29, 0.717) is 34.9 Å². The summed E-state index contributed by atoms with van der Waals surface area (Å²) in [5, 5.41) is 11.8. The van der Waals surface area contributed by atoms with Crippen molar-refractivity contribution in [3.63, 3.8) is 0 Å². The zero-order valence-electron chi connectivity index (χ0n) is 14.8. The van der Waals surface area contributed by atoms with Crippen LogP contribution in [0.25, 0.3) is 11.6 Å². The number of benzene rings is 1. The van der Waals surface area contributed by atoms with E-state index >= 15 is 0 Å². The maximum absolute atomic E-state index is 13.1. The fourth-order valence-corrected chi connectivity index (χ4v) is 3.38. The number of hydrogen-bond donors (Lipinski definition) is 1. The average Bonchev–Trinajstić information content (AvgIpc) is 3.25. The van der Waals surface area contributed by atoms with E-state index in [1.165, 1.54) is 23.9 Å². The minimum Gasteiger partial charge on any atom is -0.461 e. The Kier molecular flexibility index (Phi) is 6.18. The number of furan rings is 1. The molecule has 27 heavy (non-hydrogen) atoms. The number of aromatic nitrogens is 3. The minimum atomic E-state index is -0.459. The topological polar surface area (TPSA) is 73.0 Å². The maximum Gasteiger partial charge on any atom is 0.234 e. The maximum atomic E-state index is 13.1. The molecule has 6 nitrogen and oxygen atoms in total. The van der Waals surface area contributed by atoms with E-state index in [4.69, 9.17) is 16.0 Å². The summed E-state index contributed by atoms with van der Waals surface area (Å²) >= 11 is 7.20. The van der Waals surface area contributed by atoms with Crippen molar-refractivity contribution >= 4 is 35.0 Å². The van der Waals surface area contributed by atoms with E-state index in [1.807, 2.05) is 10.6 Å². The summed E-state index contributed by atoms with van der Waals surface area (Å²) in [6, 6.07) is 7.42. The van der Waals surface area contributed by atoms with Gasteiger partial charge in [0.1, 0.15) is 5.82 Å². The molecule has 2 heterocycles. The first-order valence-electron chi connectivity index (χ1n) is 8.29. The van der Waals surface area contributed by atoms with E-state index in [1.54, 1.807) is 12.3 Å². The summed E-state index contributed by atoms with van der Waals surface area (Å²) in [6.45, 7) is 4.87. The van der Waals surface area contributed by atoms with Crippen molar-refractivity contribution < 1.29 is 13.6 Å². The number of halogens is 2. The molecule has 0 saturated heterocycles. The van der Waals surface area contributed by atoms with Crippen LogP contribution in [0.5, 0.6) is 0 Å². The Morgan fingerprint density at radius 2 is 2.19 bits per heavy atom. The number of nitrogens with zero attached hydrogens (tertiary/aromatic N) is 3. The molecule has 0 fully saturated rings. The Morgan fingerprint density at radius 1 is 1.37 bits per heavy atom. The van der Waals surface area contributed by atoms with E-state index in [0.717, 1.165) is 6.07 Å². The van der Waals surface area contributed by atoms with Crippen molar-refractivity contribution in [1.82, 2.24) is 14.8 Å². The molecule has 0 aliphatic heterocycles. The van der Waals surface area contributed by atoms with Crippen LogP contribution in [0.4, 0.5) is 10.1 Å². The van der Waals surface area contributed by atoms with Crippen molar-refractivity contribution in [2.24, 2.45) is 5.92 Å². The second kappa shape index (κ2) is 8.58. The molecule has 0 radical (unpaired) electrons. The highest BCUT2D eigenvalue weighted by Crippen LogP contribution is 2.26. The number of thioether (sulfide) groups is 1. The Bertz CT molecular complexity index is 928. The van der Waals surface area contributed by atoms with E-state index in [2.05, 4.69) is 29.4 Å². The van der Waals surface area contributed by atoms with Crippen LogP contribution in [0.3, 0.4) is 0 Å². The van der Waals surface area contributed by atoms with Crippen molar-refractivity contribution in [2.75, 3.05) is 11.1 Å². The molecular weight excluding hydrogens is 391 g/mol. The van der Waals surface area contributed by atoms with Crippen LogP contribution < -0.4 is 5.32 Å². The molecule has 0 unspecified atom stereocenters. The van der Waals surface area contributed by atoms with Gasteiger partial charge in [0.05, 0.1) is 22.7 Å². The van der Waals surface area contributed by atoms with Crippen LogP contribution in [0.2, 0.25) is 5.02 Å². The van der Waals surface area contributed by atoms with Gasteiger partial charge in [-0.3, -0.25) is 9.36 Å². The highest BCUT2D eigenvalue weighted by molar-refractivity contribution is 7.99. The average molecular weight is 409 g/mol. The predicted octanol–water partition coefficient (Wildman–Crippen LogP) is 4.72. The van der Waals surface area contributed by atoms with Crippen molar-refractivity contribution in [3.05, 3.63) is 47.4 Å². The highest BCUT2D eigenvalue weighted by atomic mass is 35.5. The molecule has 0 aliphatic rings. The molecule has 0 aliphatic carbocycles. The second-order valence-electron chi connectivity index (χ2n) is 6.25. The zero-order chi connectivity index (χ0) is 19.4. The molecule has 0 bridgehead atoms. The molecular formula is C18H18ClFN4O2S. The summed E-state index contributed by atoms with van der Waals surface area (Å²) in [4.78, 5) is 12.2. The van der Waals surface area contributed by atoms with Gasteiger partial charge < -0.3 is 9.73 Å². The molecule has 1 N–H and O–H groups in total. The van der Waals surface area contributed by atoms with Crippen LogP contribution in [-0.2, 0) is 11.3 Å². The highest BCUT2D eigenvalue weighted by Gasteiger charge is 2.18. The fourth-order valence-electron chi connectivity index (χ4n) is 2.42. The molecule has 2 aromatic heterocycles. The molecule has 9 heteroatoms. The Morgan fingerprint density at radius 3 is 2.85 bits per heavy atom. The molecule has 0 saturated carbocycles. The van der Waals surface area contributed by atoms with Crippen molar-refractivity contribution in [2.45, 2.75) is 25.5 Å². The number of carbonyl (C=O) groups is 1. The quantitative estimate of drug-likeness (QED) is 0.573. The lowest BCUT2D eigenvalue weighted by atomic mass is 10.2. The van der Waals surface area contributed by atoms with Crippen LogP contribution in [0.15, 0.2) is 46.2 Å². The molecule has 1 amide bonds. The monoisotopic (exact) mass is 408 g/mol. The molecule has 0 atom stereocenters. The number of amides is 1. The number of rotatable bonds is 7.